The second-order valence-electron chi connectivity index (χ2n) is 4.92. The van der Waals surface area contributed by atoms with E-state index >= 15 is 0 Å². The van der Waals surface area contributed by atoms with Crippen LogP contribution in [-0.4, -0.2) is 5.71 Å². The molecule has 0 saturated heterocycles. The third kappa shape index (κ3) is 4.76. The van der Waals surface area contributed by atoms with Crippen LogP contribution in [0.25, 0.3) is 0 Å². The van der Waals surface area contributed by atoms with Crippen molar-refractivity contribution < 1.29 is 4.39 Å². The number of rotatable bonds is 7. The van der Waals surface area contributed by atoms with Crippen LogP contribution in [0.3, 0.4) is 0 Å². The van der Waals surface area contributed by atoms with Crippen LogP contribution in [0.2, 0.25) is 0 Å². The van der Waals surface area contributed by atoms with Gasteiger partial charge in [0.25, 0.3) is 0 Å². The minimum atomic E-state index is -0.204. The molecule has 0 bridgehead atoms. The molecular formula is C18H24FN. The Balaban J connectivity index is 3.05. The standard InChI is InChI=1S/C18H24FN/c1-5-8-14(4)17(6-2)18(20-7-3)13-15-9-11-16(19)12-10-15/h7,9-12H,3,5-6,8,13H2,1-2,4H3/b17-14+,20-18?. The second-order valence-corrected chi connectivity index (χ2v) is 4.92. The molecule has 0 aromatic heterocycles. The summed E-state index contributed by atoms with van der Waals surface area (Å²) in [6.45, 7) is 10.2. The van der Waals surface area contributed by atoms with Crippen LogP contribution in [0.1, 0.15) is 45.6 Å². The van der Waals surface area contributed by atoms with E-state index in [-0.39, 0.29) is 5.82 Å². The zero-order valence-electron chi connectivity index (χ0n) is 12.7. The number of halogens is 1. The van der Waals surface area contributed by atoms with Gasteiger partial charge in [-0.2, -0.15) is 0 Å². The molecule has 0 radical (unpaired) electrons. The van der Waals surface area contributed by atoms with Crippen LogP contribution in [0.15, 0.2) is 53.2 Å². The highest BCUT2D eigenvalue weighted by Crippen LogP contribution is 2.18. The van der Waals surface area contributed by atoms with Crippen molar-refractivity contribution in [2.24, 2.45) is 4.99 Å². The Hall–Kier alpha value is -1.70. The summed E-state index contributed by atoms with van der Waals surface area (Å²) in [6, 6.07) is 6.62. The van der Waals surface area contributed by atoms with Gasteiger partial charge in [-0.25, -0.2) is 4.39 Å². The van der Waals surface area contributed by atoms with Gasteiger partial charge in [-0.1, -0.05) is 44.6 Å². The zero-order valence-corrected chi connectivity index (χ0v) is 12.7. The maximum absolute atomic E-state index is 13.0. The summed E-state index contributed by atoms with van der Waals surface area (Å²) < 4.78 is 13.0. The minimum Gasteiger partial charge on any atom is -0.261 e. The molecule has 1 nitrogen and oxygen atoms in total. The van der Waals surface area contributed by atoms with Crippen molar-refractivity contribution in [3.05, 3.63) is 59.6 Å². The molecule has 0 N–H and O–H groups in total. The first kappa shape index (κ1) is 16.4. The lowest BCUT2D eigenvalue weighted by atomic mass is 9.94. The molecule has 0 saturated carbocycles. The monoisotopic (exact) mass is 273 g/mol. The average Bonchev–Trinajstić information content (AvgIpc) is 2.42. The summed E-state index contributed by atoms with van der Waals surface area (Å²) >= 11 is 0. The summed E-state index contributed by atoms with van der Waals surface area (Å²) in [5.74, 6) is -0.204. The van der Waals surface area contributed by atoms with E-state index in [2.05, 4.69) is 32.3 Å². The summed E-state index contributed by atoms with van der Waals surface area (Å²) in [5.41, 5.74) is 4.80. The average molecular weight is 273 g/mol. The molecule has 0 aliphatic rings. The number of aliphatic imine (C=N–C) groups is 1. The Morgan fingerprint density at radius 3 is 2.40 bits per heavy atom. The fourth-order valence-corrected chi connectivity index (χ4v) is 2.41. The molecule has 0 aliphatic heterocycles. The second kappa shape index (κ2) is 8.47. The topological polar surface area (TPSA) is 12.4 Å². The van der Waals surface area contributed by atoms with E-state index in [0.29, 0.717) is 0 Å². The van der Waals surface area contributed by atoms with Crippen LogP contribution >= 0.6 is 0 Å². The first-order valence-electron chi connectivity index (χ1n) is 7.23. The van der Waals surface area contributed by atoms with Gasteiger partial charge < -0.3 is 0 Å². The van der Waals surface area contributed by atoms with Crippen LogP contribution in [0.4, 0.5) is 4.39 Å². The Kier molecular flexibility index (Phi) is 6.92. The molecule has 1 rings (SSSR count). The van der Waals surface area contributed by atoms with Gasteiger partial charge in [0.1, 0.15) is 5.82 Å². The van der Waals surface area contributed by atoms with Gasteiger partial charge in [-0.05, 0) is 43.0 Å². The molecule has 0 spiro atoms. The molecule has 0 amide bonds. The Morgan fingerprint density at radius 2 is 1.90 bits per heavy atom. The predicted molar refractivity (Wildman–Crippen MR) is 85.6 cm³/mol. The molecule has 1 aromatic rings. The lowest BCUT2D eigenvalue weighted by Crippen LogP contribution is -2.09. The van der Waals surface area contributed by atoms with Crippen molar-refractivity contribution in [3.63, 3.8) is 0 Å². The van der Waals surface area contributed by atoms with E-state index in [4.69, 9.17) is 0 Å². The van der Waals surface area contributed by atoms with Crippen LogP contribution in [-0.2, 0) is 6.42 Å². The molecule has 0 unspecified atom stereocenters. The molecule has 0 atom stereocenters. The lowest BCUT2D eigenvalue weighted by molar-refractivity contribution is 0.627. The van der Waals surface area contributed by atoms with Crippen molar-refractivity contribution in [1.29, 1.82) is 0 Å². The molecule has 0 heterocycles. The maximum Gasteiger partial charge on any atom is 0.123 e. The SMILES string of the molecule is C=CN=C(Cc1ccc(F)cc1)/C(CC)=C(\C)CCC. The number of hydrogen-bond donors (Lipinski definition) is 0. The first-order valence-corrected chi connectivity index (χ1v) is 7.23. The van der Waals surface area contributed by atoms with Crippen molar-refractivity contribution in [1.82, 2.24) is 0 Å². The third-order valence-electron chi connectivity index (χ3n) is 3.37. The number of nitrogens with zero attached hydrogens (tertiary/aromatic N) is 1. The van der Waals surface area contributed by atoms with Gasteiger partial charge in [0, 0.05) is 18.3 Å². The van der Waals surface area contributed by atoms with Crippen LogP contribution in [0.5, 0.6) is 0 Å². The Morgan fingerprint density at radius 1 is 1.25 bits per heavy atom. The maximum atomic E-state index is 13.0. The van der Waals surface area contributed by atoms with E-state index in [9.17, 15) is 4.39 Å². The normalized spacial score (nSPS) is 13.1. The van der Waals surface area contributed by atoms with Gasteiger partial charge in [0.15, 0.2) is 0 Å². The van der Waals surface area contributed by atoms with Gasteiger partial charge >= 0.3 is 0 Å². The molecule has 2 heteroatoms. The highest BCUT2D eigenvalue weighted by Gasteiger charge is 2.09. The van der Waals surface area contributed by atoms with E-state index in [1.54, 1.807) is 6.20 Å². The smallest absolute Gasteiger partial charge is 0.123 e. The molecule has 108 valence electrons. The van der Waals surface area contributed by atoms with E-state index in [1.165, 1.54) is 23.3 Å². The largest absolute Gasteiger partial charge is 0.261 e. The summed E-state index contributed by atoms with van der Waals surface area (Å²) in [5, 5.41) is 0. The highest BCUT2D eigenvalue weighted by molar-refractivity contribution is 6.02. The van der Waals surface area contributed by atoms with E-state index in [1.807, 2.05) is 12.1 Å². The molecule has 0 aliphatic carbocycles. The Bertz CT molecular complexity index is 495. The highest BCUT2D eigenvalue weighted by atomic mass is 19.1. The molecular weight excluding hydrogens is 249 g/mol. The van der Waals surface area contributed by atoms with Crippen molar-refractivity contribution in [2.75, 3.05) is 0 Å². The number of hydrogen-bond acceptors (Lipinski definition) is 1. The lowest BCUT2D eigenvalue weighted by Gasteiger charge is -2.13. The molecule has 0 fully saturated rings. The van der Waals surface area contributed by atoms with E-state index in [0.717, 1.165) is 37.0 Å². The Labute approximate surface area is 121 Å². The van der Waals surface area contributed by atoms with Gasteiger partial charge in [-0.3, -0.25) is 4.99 Å². The quantitative estimate of drug-likeness (QED) is 0.583. The molecule has 1 aromatic carbocycles. The van der Waals surface area contributed by atoms with Gasteiger partial charge in [0.05, 0.1) is 0 Å². The predicted octanol–water partition coefficient (Wildman–Crippen LogP) is 5.48. The molecule has 20 heavy (non-hydrogen) atoms. The van der Waals surface area contributed by atoms with Gasteiger partial charge in [0.2, 0.25) is 0 Å². The van der Waals surface area contributed by atoms with Crippen molar-refractivity contribution in [3.8, 4) is 0 Å². The van der Waals surface area contributed by atoms with Crippen LogP contribution < -0.4 is 0 Å². The van der Waals surface area contributed by atoms with Gasteiger partial charge in [-0.15, -0.1) is 0 Å². The van der Waals surface area contributed by atoms with E-state index < -0.39 is 0 Å². The zero-order chi connectivity index (χ0) is 15.0. The summed E-state index contributed by atoms with van der Waals surface area (Å²) in [7, 11) is 0. The minimum absolute atomic E-state index is 0.204. The summed E-state index contributed by atoms with van der Waals surface area (Å²) in [6.07, 6.45) is 5.49. The number of allylic oxidation sites excluding steroid dienone is 2. The summed E-state index contributed by atoms with van der Waals surface area (Å²) in [4.78, 5) is 4.45. The fraction of sp³-hybridized carbons (Fsp3) is 0.389. The fourth-order valence-electron chi connectivity index (χ4n) is 2.41. The van der Waals surface area contributed by atoms with Crippen molar-refractivity contribution >= 4 is 5.71 Å². The van der Waals surface area contributed by atoms with Crippen molar-refractivity contribution in [2.45, 2.75) is 46.5 Å². The number of benzene rings is 1. The third-order valence-corrected chi connectivity index (χ3v) is 3.37. The van der Waals surface area contributed by atoms with Crippen LogP contribution in [0, 0.1) is 5.82 Å². The first-order chi connectivity index (χ1) is 9.62.